The summed E-state index contributed by atoms with van der Waals surface area (Å²) in [6, 6.07) is 8.93. The maximum Gasteiger partial charge on any atom is 0.131 e. The Kier molecular flexibility index (Phi) is 5.50. The van der Waals surface area contributed by atoms with Crippen molar-refractivity contribution in [3.05, 3.63) is 54.1 Å². The lowest BCUT2D eigenvalue weighted by Gasteiger charge is -2.09. The summed E-state index contributed by atoms with van der Waals surface area (Å²) < 4.78 is 13.7. The molecule has 0 fully saturated rings. The number of nitrogens with zero attached hydrogens (tertiary/aromatic N) is 1. The van der Waals surface area contributed by atoms with E-state index in [0.29, 0.717) is 11.5 Å². The van der Waals surface area contributed by atoms with Gasteiger partial charge in [0.2, 0.25) is 0 Å². The average molecular weight is 245 g/mol. The van der Waals surface area contributed by atoms with E-state index < -0.39 is 0 Å². The highest BCUT2D eigenvalue weighted by atomic mass is 19.1. The first-order valence-electron chi connectivity index (χ1n) is 6.38. The summed E-state index contributed by atoms with van der Waals surface area (Å²) in [6.07, 6.45) is 3.35. The molecule has 0 atom stereocenters. The van der Waals surface area contributed by atoms with Gasteiger partial charge in [0.1, 0.15) is 5.82 Å². The lowest BCUT2D eigenvalue weighted by Crippen LogP contribution is -1.91. The fraction of sp³-hybridized carbons (Fsp3) is 0.312. The van der Waals surface area contributed by atoms with E-state index >= 15 is 0 Å². The van der Waals surface area contributed by atoms with Crippen LogP contribution in [-0.2, 0) is 0 Å². The van der Waals surface area contributed by atoms with E-state index in [1.165, 1.54) is 6.07 Å². The average Bonchev–Trinajstić information content (AvgIpc) is 2.42. The van der Waals surface area contributed by atoms with Crippen LogP contribution in [0.25, 0.3) is 11.1 Å². The van der Waals surface area contributed by atoms with Crippen molar-refractivity contribution in [1.29, 1.82) is 0 Å². The van der Waals surface area contributed by atoms with Crippen LogP contribution in [0.2, 0.25) is 0 Å². The molecule has 0 aliphatic rings. The summed E-state index contributed by atoms with van der Waals surface area (Å²) in [7, 11) is 0. The Labute approximate surface area is 109 Å². The number of halogens is 1. The molecule has 0 aliphatic carbocycles. The molecule has 0 spiro atoms. The second-order valence-electron chi connectivity index (χ2n) is 4.13. The molecule has 0 amide bonds. The molecule has 1 nitrogen and oxygen atoms in total. The van der Waals surface area contributed by atoms with Gasteiger partial charge in [0.05, 0.1) is 0 Å². The van der Waals surface area contributed by atoms with Gasteiger partial charge in [-0.25, -0.2) is 4.39 Å². The second-order valence-corrected chi connectivity index (χ2v) is 4.13. The van der Waals surface area contributed by atoms with Crippen LogP contribution in [0.15, 0.2) is 42.7 Å². The predicted octanol–water partition coefficient (Wildman–Crippen LogP) is 5.04. The fourth-order valence-corrected chi connectivity index (χ4v) is 1.65. The number of aromatic nitrogens is 1. The number of rotatable bonds is 2. The van der Waals surface area contributed by atoms with Crippen LogP contribution in [0, 0.1) is 5.82 Å². The Morgan fingerprint density at radius 2 is 1.61 bits per heavy atom. The first-order chi connectivity index (χ1) is 8.68. The number of pyridine rings is 1. The molecule has 0 unspecified atom stereocenters. The van der Waals surface area contributed by atoms with Crippen LogP contribution >= 0.6 is 0 Å². The lowest BCUT2D eigenvalue weighted by molar-refractivity contribution is 0.630. The van der Waals surface area contributed by atoms with Crippen LogP contribution < -0.4 is 0 Å². The zero-order chi connectivity index (χ0) is 13.5. The van der Waals surface area contributed by atoms with E-state index in [4.69, 9.17) is 0 Å². The minimum Gasteiger partial charge on any atom is -0.265 e. The monoisotopic (exact) mass is 245 g/mol. The zero-order valence-electron chi connectivity index (χ0n) is 11.4. The largest absolute Gasteiger partial charge is 0.265 e. The van der Waals surface area contributed by atoms with Gasteiger partial charge in [-0.05, 0) is 41.3 Å². The normalized spacial score (nSPS) is 9.89. The summed E-state index contributed by atoms with van der Waals surface area (Å²) in [5, 5.41) is 0. The van der Waals surface area contributed by atoms with Crippen molar-refractivity contribution < 1.29 is 4.39 Å². The van der Waals surface area contributed by atoms with E-state index in [2.05, 4.69) is 18.8 Å². The van der Waals surface area contributed by atoms with Crippen molar-refractivity contribution in [1.82, 2.24) is 4.98 Å². The predicted molar refractivity (Wildman–Crippen MR) is 75.1 cm³/mol. The summed E-state index contributed by atoms with van der Waals surface area (Å²) in [5.41, 5.74) is 2.66. The molecule has 96 valence electrons. The molecule has 1 aromatic heterocycles. The van der Waals surface area contributed by atoms with E-state index in [9.17, 15) is 4.39 Å². The van der Waals surface area contributed by atoms with Crippen molar-refractivity contribution >= 4 is 0 Å². The number of benzene rings is 1. The summed E-state index contributed by atoms with van der Waals surface area (Å²) in [6.45, 7) is 8.20. The SMILES string of the molecule is CC.CC(C)c1ccc(F)c(-c2ccncc2)c1. The first kappa shape index (κ1) is 14.4. The van der Waals surface area contributed by atoms with E-state index in [1.54, 1.807) is 12.4 Å². The van der Waals surface area contributed by atoms with E-state index in [0.717, 1.165) is 11.1 Å². The van der Waals surface area contributed by atoms with Crippen LogP contribution in [0.3, 0.4) is 0 Å². The maximum absolute atomic E-state index is 13.7. The number of hydrogen-bond acceptors (Lipinski definition) is 1. The summed E-state index contributed by atoms with van der Waals surface area (Å²) >= 11 is 0. The highest BCUT2D eigenvalue weighted by molar-refractivity contribution is 5.64. The lowest BCUT2D eigenvalue weighted by atomic mass is 9.97. The molecule has 2 aromatic rings. The third kappa shape index (κ3) is 3.39. The first-order valence-corrected chi connectivity index (χ1v) is 6.38. The summed E-state index contributed by atoms with van der Waals surface area (Å²) in [5.74, 6) is 0.219. The Morgan fingerprint density at radius 3 is 2.17 bits per heavy atom. The van der Waals surface area contributed by atoms with Crippen molar-refractivity contribution in [3.8, 4) is 11.1 Å². The molecule has 2 rings (SSSR count). The van der Waals surface area contributed by atoms with Gasteiger partial charge in [-0.3, -0.25) is 4.98 Å². The van der Waals surface area contributed by atoms with Crippen molar-refractivity contribution in [2.75, 3.05) is 0 Å². The molecule has 0 N–H and O–H groups in total. The van der Waals surface area contributed by atoms with Crippen molar-refractivity contribution in [2.45, 2.75) is 33.6 Å². The van der Waals surface area contributed by atoms with Gasteiger partial charge in [-0.15, -0.1) is 0 Å². The standard InChI is InChI=1S/C14H14FN.C2H6/c1-10(2)12-3-4-14(15)13(9-12)11-5-7-16-8-6-11;1-2/h3-10H,1-2H3;1-2H3. The van der Waals surface area contributed by atoms with Gasteiger partial charge in [0.15, 0.2) is 0 Å². The maximum atomic E-state index is 13.7. The number of hydrogen-bond donors (Lipinski definition) is 0. The second kappa shape index (κ2) is 6.90. The molecule has 1 heterocycles. The van der Waals surface area contributed by atoms with Crippen LogP contribution in [-0.4, -0.2) is 4.98 Å². The molecular formula is C16H20FN. The van der Waals surface area contributed by atoms with Gasteiger partial charge < -0.3 is 0 Å². The fourth-order valence-electron chi connectivity index (χ4n) is 1.65. The highest BCUT2D eigenvalue weighted by Gasteiger charge is 2.07. The molecule has 18 heavy (non-hydrogen) atoms. The van der Waals surface area contributed by atoms with Gasteiger partial charge in [0, 0.05) is 18.0 Å². The highest BCUT2D eigenvalue weighted by Crippen LogP contribution is 2.26. The van der Waals surface area contributed by atoms with Crippen molar-refractivity contribution in [3.63, 3.8) is 0 Å². The molecule has 1 aromatic carbocycles. The van der Waals surface area contributed by atoms with Crippen LogP contribution in [0.1, 0.15) is 39.2 Å². The van der Waals surface area contributed by atoms with Gasteiger partial charge in [-0.1, -0.05) is 33.8 Å². The Morgan fingerprint density at radius 1 is 1.00 bits per heavy atom. The molecule has 0 bridgehead atoms. The quantitative estimate of drug-likeness (QED) is 0.722. The van der Waals surface area contributed by atoms with Crippen molar-refractivity contribution in [2.24, 2.45) is 0 Å². The summed E-state index contributed by atoms with van der Waals surface area (Å²) in [4.78, 5) is 3.94. The molecule has 2 heteroatoms. The van der Waals surface area contributed by atoms with Crippen LogP contribution in [0.4, 0.5) is 4.39 Å². The third-order valence-electron chi connectivity index (χ3n) is 2.65. The smallest absolute Gasteiger partial charge is 0.131 e. The van der Waals surface area contributed by atoms with E-state index in [1.807, 2.05) is 38.1 Å². The molecular weight excluding hydrogens is 225 g/mol. The Balaban J connectivity index is 0.000000771. The zero-order valence-corrected chi connectivity index (χ0v) is 11.4. The van der Waals surface area contributed by atoms with Crippen LogP contribution in [0.5, 0.6) is 0 Å². The topological polar surface area (TPSA) is 12.9 Å². The van der Waals surface area contributed by atoms with E-state index in [-0.39, 0.29) is 5.82 Å². The molecule has 0 saturated carbocycles. The molecule has 0 saturated heterocycles. The van der Waals surface area contributed by atoms with Gasteiger partial charge in [0.25, 0.3) is 0 Å². The molecule has 0 aliphatic heterocycles. The van der Waals surface area contributed by atoms with Gasteiger partial charge in [-0.2, -0.15) is 0 Å². The Hall–Kier alpha value is -1.70. The Bertz CT molecular complexity index is 478. The molecule has 0 radical (unpaired) electrons. The minimum absolute atomic E-state index is 0.185. The third-order valence-corrected chi connectivity index (χ3v) is 2.65. The van der Waals surface area contributed by atoms with Gasteiger partial charge >= 0.3 is 0 Å². The minimum atomic E-state index is -0.185.